The Morgan fingerprint density at radius 1 is 0.936 bits per heavy atom. The molecule has 3 aliphatic rings. The van der Waals surface area contributed by atoms with Crippen LogP contribution in [0, 0.1) is 5.92 Å². The summed E-state index contributed by atoms with van der Waals surface area (Å²) in [6.45, 7) is 3.38. The number of morpholine rings is 1. The summed E-state index contributed by atoms with van der Waals surface area (Å²) in [6, 6.07) is 20.3. The first kappa shape index (κ1) is 33.7. The summed E-state index contributed by atoms with van der Waals surface area (Å²) in [5, 5.41) is 6.18. The van der Waals surface area contributed by atoms with Gasteiger partial charge >= 0.3 is 0 Å². The molecule has 1 saturated heterocycles. The first-order chi connectivity index (χ1) is 22.7. The summed E-state index contributed by atoms with van der Waals surface area (Å²) in [7, 11) is -4.29. The maximum absolute atomic E-state index is 14.0. The number of anilines is 2. The van der Waals surface area contributed by atoms with Gasteiger partial charge in [0.1, 0.15) is 6.04 Å². The normalized spacial score (nSPS) is 22.6. The molecule has 2 unspecified atom stereocenters. The Hall–Kier alpha value is -3.15. The fourth-order valence-corrected chi connectivity index (χ4v) is 9.20. The molecule has 2 heterocycles. The molecule has 0 spiro atoms. The Bertz CT molecular complexity index is 1680. The minimum atomic E-state index is -4.29. The smallest absolute Gasteiger partial charge is 0.265 e. The zero-order valence-corrected chi connectivity index (χ0v) is 28.4. The van der Waals surface area contributed by atoms with Crippen molar-refractivity contribution in [2.24, 2.45) is 5.92 Å². The summed E-state index contributed by atoms with van der Waals surface area (Å²) < 4.78 is 34.7. The predicted octanol–water partition coefficient (Wildman–Crippen LogP) is 5.91. The molecule has 6 rings (SSSR count). The van der Waals surface area contributed by atoms with Gasteiger partial charge in [0.2, 0.25) is 11.8 Å². The van der Waals surface area contributed by atoms with Gasteiger partial charge < -0.3 is 15.4 Å². The molecule has 9 nitrogen and oxygen atoms in total. The Kier molecular flexibility index (Phi) is 10.7. The maximum atomic E-state index is 14.0. The lowest BCUT2D eigenvalue weighted by Gasteiger charge is -2.42. The highest BCUT2D eigenvalue weighted by atomic mass is 35.5. The van der Waals surface area contributed by atoms with E-state index in [4.69, 9.17) is 27.9 Å². The minimum Gasteiger partial charge on any atom is -0.379 e. The van der Waals surface area contributed by atoms with Crippen molar-refractivity contribution >= 4 is 56.4 Å². The number of rotatable bonds is 10. The number of para-hydroxylation sites is 2. The zero-order valence-electron chi connectivity index (χ0n) is 26.1. The zero-order chi connectivity index (χ0) is 33.0. The van der Waals surface area contributed by atoms with Crippen LogP contribution in [0.15, 0.2) is 77.7 Å². The Morgan fingerprint density at radius 2 is 1.64 bits per heavy atom. The topological polar surface area (TPSA) is 108 Å². The minimum absolute atomic E-state index is 0.0442. The van der Waals surface area contributed by atoms with E-state index in [0.717, 1.165) is 69.1 Å². The number of carbonyl (C=O) groups is 2. The van der Waals surface area contributed by atoms with Gasteiger partial charge in [-0.05, 0) is 80.3 Å². The number of halogens is 2. The number of amides is 2. The molecule has 47 heavy (non-hydrogen) atoms. The molecule has 2 aliphatic heterocycles. The Morgan fingerprint density at radius 3 is 2.36 bits per heavy atom. The number of hydrogen-bond donors (Lipinski definition) is 2. The van der Waals surface area contributed by atoms with E-state index in [0.29, 0.717) is 17.6 Å². The van der Waals surface area contributed by atoms with Crippen molar-refractivity contribution < 1.29 is 22.7 Å². The molecule has 2 amide bonds. The summed E-state index contributed by atoms with van der Waals surface area (Å²) in [4.78, 5) is 29.3. The largest absolute Gasteiger partial charge is 0.379 e. The van der Waals surface area contributed by atoms with Gasteiger partial charge in [0.25, 0.3) is 10.0 Å². The molecule has 3 aromatic rings. The quantitative estimate of drug-likeness (QED) is 0.273. The van der Waals surface area contributed by atoms with Crippen molar-refractivity contribution in [1.29, 1.82) is 0 Å². The molecule has 1 aliphatic carbocycles. The highest BCUT2D eigenvalue weighted by Gasteiger charge is 2.42. The molecule has 2 N–H and O–H groups in total. The van der Waals surface area contributed by atoms with Crippen molar-refractivity contribution in [2.75, 3.05) is 35.9 Å². The van der Waals surface area contributed by atoms with E-state index in [1.807, 2.05) is 6.07 Å². The number of sulfonamides is 1. The van der Waals surface area contributed by atoms with Crippen molar-refractivity contribution in [2.45, 2.75) is 68.0 Å². The third kappa shape index (κ3) is 7.78. The number of nitrogens with one attached hydrogen (secondary N) is 2. The van der Waals surface area contributed by atoms with Crippen LogP contribution in [0.1, 0.15) is 44.1 Å². The van der Waals surface area contributed by atoms with Crippen LogP contribution in [0.5, 0.6) is 0 Å². The lowest BCUT2D eigenvalue weighted by Crippen LogP contribution is -2.53. The molecule has 2 fully saturated rings. The fourth-order valence-electron chi connectivity index (χ4n) is 7.18. The third-order valence-corrected chi connectivity index (χ3v) is 12.1. The Balaban J connectivity index is 1.13. The van der Waals surface area contributed by atoms with Crippen molar-refractivity contribution in [3.05, 3.63) is 88.4 Å². The molecule has 2 atom stereocenters. The van der Waals surface area contributed by atoms with Gasteiger partial charge in [0, 0.05) is 25.2 Å². The number of benzene rings is 3. The van der Waals surface area contributed by atoms with Crippen LogP contribution in [-0.4, -0.2) is 69.6 Å². The van der Waals surface area contributed by atoms with Crippen LogP contribution in [0.25, 0.3) is 0 Å². The van der Waals surface area contributed by atoms with E-state index in [2.05, 4.69) is 39.8 Å². The number of aryl methyl sites for hydroxylation is 1. The van der Waals surface area contributed by atoms with Gasteiger partial charge in [0.15, 0.2) is 0 Å². The van der Waals surface area contributed by atoms with Crippen LogP contribution in [0.3, 0.4) is 0 Å². The van der Waals surface area contributed by atoms with E-state index in [1.54, 1.807) is 24.3 Å². The number of nitrogens with zero attached hydrogens (tertiary/aromatic N) is 2. The molecule has 250 valence electrons. The monoisotopic (exact) mass is 698 g/mol. The van der Waals surface area contributed by atoms with Gasteiger partial charge in [-0.25, -0.2) is 8.42 Å². The molecular weight excluding hydrogens is 659 g/mol. The number of carbonyl (C=O) groups excluding carboxylic acids is 2. The highest BCUT2D eigenvalue weighted by Crippen LogP contribution is 2.38. The van der Waals surface area contributed by atoms with Gasteiger partial charge in [-0.15, -0.1) is 0 Å². The van der Waals surface area contributed by atoms with E-state index >= 15 is 0 Å². The third-order valence-electron chi connectivity index (χ3n) is 9.58. The van der Waals surface area contributed by atoms with Crippen LogP contribution < -0.4 is 14.9 Å². The van der Waals surface area contributed by atoms with Gasteiger partial charge in [0.05, 0.1) is 46.0 Å². The van der Waals surface area contributed by atoms with E-state index in [9.17, 15) is 18.0 Å². The predicted molar refractivity (Wildman–Crippen MR) is 184 cm³/mol. The van der Waals surface area contributed by atoms with E-state index in [1.165, 1.54) is 23.8 Å². The highest BCUT2D eigenvalue weighted by molar-refractivity contribution is 7.93. The van der Waals surface area contributed by atoms with Crippen molar-refractivity contribution in [1.82, 2.24) is 10.2 Å². The fraction of sp³-hybridized carbons (Fsp3) is 0.429. The number of fused-ring (bicyclic) bond motifs is 1. The van der Waals surface area contributed by atoms with Crippen molar-refractivity contribution in [3.63, 3.8) is 0 Å². The molecule has 0 radical (unpaired) electrons. The molecule has 0 aromatic heterocycles. The molecular formula is C35H40Cl2N4O5S. The summed E-state index contributed by atoms with van der Waals surface area (Å²) in [5.74, 6) is -0.425. The maximum Gasteiger partial charge on any atom is 0.265 e. The van der Waals surface area contributed by atoms with Gasteiger partial charge in [-0.1, -0.05) is 65.7 Å². The van der Waals surface area contributed by atoms with Crippen LogP contribution in [0.4, 0.5) is 11.4 Å². The Labute approximate surface area is 286 Å². The molecule has 12 heteroatoms. The van der Waals surface area contributed by atoms with Crippen LogP contribution >= 0.6 is 23.2 Å². The average Bonchev–Trinajstić information content (AvgIpc) is 3.08. The molecule has 1 saturated carbocycles. The first-order valence-electron chi connectivity index (χ1n) is 16.2. The van der Waals surface area contributed by atoms with Gasteiger partial charge in [-0.2, -0.15) is 0 Å². The average molecular weight is 700 g/mol. The standard InChI is InChI=1S/C35H40Cl2N4O5S/c36-28-16-15-27(22-29(28)37)47(44,45)41-32-9-5-4-8-30(32)39-35(43)33(41)23-34(42)38-26-13-11-25(12-14-26)31(40-18-20-46-21-19-40)17-10-24-6-2-1-3-7-24/h1-9,15-16,22,25-26,31,33H,10-14,17-21,23H2,(H,38,42)(H,39,43). The van der Waals surface area contributed by atoms with Crippen LogP contribution in [-0.2, 0) is 30.8 Å². The molecule has 0 bridgehead atoms. The summed E-state index contributed by atoms with van der Waals surface area (Å²) in [6.07, 6.45) is 5.39. The van der Waals surface area contributed by atoms with Crippen molar-refractivity contribution in [3.8, 4) is 0 Å². The van der Waals surface area contributed by atoms with E-state index < -0.39 is 22.0 Å². The second-order valence-electron chi connectivity index (χ2n) is 12.5. The molecule has 3 aromatic carbocycles. The number of hydrogen-bond acceptors (Lipinski definition) is 6. The number of ether oxygens (including phenoxy) is 1. The first-order valence-corrected chi connectivity index (χ1v) is 18.4. The summed E-state index contributed by atoms with van der Waals surface area (Å²) in [5.41, 5.74) is 1.97. The summed E-state index contributed by atoms with van der Waals surface area (Å²) >= 11 is 12.2. The van der Waals surface area contributed by atoms with Crippen LogP contribution in [0.2, 0.25) is 10.0 Å². The van der Waals surface area contributed by atoms with Gasteiger partial charge in [-0.3, -0.25) is 18.8 Å². The second-order valence-corrected chi connectivity index (χ2v) is 15.2. The lowest BCUT2D eigenvalue weighted by molar-refractivity contribution is -0.126. The second kappa shape index (κ2) is 15.0. The SMILES string of the molecule is O=C(CC1C(=O)Nc2ccccc2N1S(=O)(=O)c1ccc(Cl)c(Cl)c1)NC1CCC(C(CCc2ccccc2)N2CCOCC2)CC1. The van der Waals surface area contributed by atoms with E-state index in [-0.39, 0.29) is 39.0 Å². The lowest BCUT2D eigenvalue weighted by atomic mass is 9.79.